The largest absolute Gasteiger partial charge is 0.478 e. The number of amides is 1. The molecule has 1 aromatic heterocycles. The molecule has 3 N–H and O–H groups in total. The number of unbranched alkanes of at least 4 members (excludes halogenated alkanes) is 2. The Bertz CT molecular complexity index is 743. The molecule has 1 aliphatic rings. The Morgan fingerprint density at radius 2 is 2.00 bits per heavy atom. The summed E-state index contributed by atoms with van der Waals surface area (Å²) in [5.41, 5.74) is 0.0605. The van der Waals surface area contributed by atoms with Crippen molar-refractivity contribution in [1.82, 2.24) is 10.3 Å². The monoisotopic (exact) mass is 392 g/mol. The van der Waals surface area contributed by atoms with Gasteiger partial charge in [0.2, 0.25) is 5.91 Å². The summed E-state index contributed by atoms with van der Waals surface area (Å²) in [6.07, 6.45) is 5.85. The highest BCUT2D eigenvalue weighted by Gasteiger charge is 2.50. The van der Waals surface area contributed by atoms with Crippen LogP contribution < -0.4 is 5.32 Å². The predicted molar refractivity (Wildman–Crippen MR) is 102 cm³/mol. The fraction of sp³-hybridized carbons (Fsp3) is 0.474. The van der Waals surface area contributed by atoms with Crippen LogP contribution in [0.5, 0.6) is 0 Å². The van der Waals surface area contributed by atoms with Crippen molar-refractivity contribution >= 4 is 29.6 Å². The molecule has 1 fully saturated rings. The van der Waals surface area contributed by atoms with Crippen molar-refractivity contribution < 1.29 is 24.6 Å². The zero-order valence-electron chi connectivity index (χ0n) is 15.4. The minimum absolute atomic E-state index is 0.0401. The maximum absolute atomic E-state index is 12.0. The molecule has 0 radical (unpaired) electrons. The third-order valence-electron chi connectivity index (χ3n) is 4.50. The summed E-state index contributed by atoms with van der Waals surface area (Å²) in [4.78, 5) is 38.2. The highest BCUT2D eigenvalue weighted by Crippen LogP contribution is 2.51. The molecule has 0 spiro atoms. The smallest absolute Gasteiger partial charge is 0.352 e. The molecule has 1 heterocycles. The standard InChI is InChI=1S/C19H24N2O5S/c1-19(2)10-13(19)16(22)21-14(18(25)26)6-4-3-5-9-27-15-8-7-12(11-20-15)17(23)24/h6-8,11,13H,3-5,9-10H2,1-2H3,(H,21,22)(H,23,24)(H,25,26). The number of aliphatic carboxylic acids is 1. The van der Waals surface area contributed by atoms with Crippen LogP contribution in [-0.2, 0) is 9.59 Å². The summed E-state index contributed by atoms with van der Waals surface area (Å²) in [5, 5.41) is 21.3. The maximum atomic E-state index is 12.0. The molecule has 146 valence electrons. The van der Waals surface area contributed by atoms with E-state index in [1.807, 2.05) is 13.8 Å². The predicted octanol–water partition coefficient (Wildman–Crippen LogP) is 3.17. The van der Waals surface area contributed by atoms with E-state index in [2.05, 4.69) is 10.3 Å². The number of aromatic nitrogens is 1. The number of rotatable bonds is 10. The van der Waals surface area contributed by atoms with E-state index in [0.717, 1.165) is 30.0 Å². The van der Waals surface area contributed by atoms with E-state index in [9.17, 15) is 19.5 Å². The van der Waals surface area contributed by atoms with Crippen LogP contribution >= 0.6 is 11.8 Å². The third kappa shape index (κ3) is 6.39. The van der Waals surface area contributed by atoms with Crippen LogP contribution in [0.2, 0.25) is 0 Å². The van der Waals surface area contributed by atoms with E-state index in [4.69, 9.17) is 5.11 Å². The number of allylic oxidation sites excluding steroid dienone is 1. The number of hydrogen-bond donors (Lipinski definition) is 3. The van der Waals surface area contributed by atoms with Crippen LogP contribution in [0.15, 0.2) is 35.1 Å². The molecule has 7 nitrogen and oxygen atoms in total. The Morgan fingerprint density at radius 1 is 1.30 bits per heavy atom. The lowest BCUT2D eigenvalue weighted by molar-refractivity contribution is -0.135. The van der Waals surface area contributed by atoms with E-state index < -0.39 is 11.9 Å². The zero-order chi connectivity index (χ0) is 20.0. The molecular weight excluding hydrogens is 368 g/mol. The number of carbonyl (C=O) groups is 3. The highest BCUT2D eigenvalue weighted by molar-refractivity contribution is 7.99. The van der Waals surface area contributed by atoms with E-state index in [0.29, 0.717) is 6.42 Å². The summed E-state index contributed by atoms with van der Waals surface area (Å²) in [6.45, 7) is 3.98. The van der Waals surface area contributed by atoms with Gasteiger partial charge in [0, 0.05) is 12.1 Å². The van der Waals surface area contributed by atoms with E-state index in [-0.39, 0.29) is 28.5 Å². The Kier molecular flexibility index (Phi) is 7.01. The van der Waals surface area contributed by atoms with Gasteiger partial charge in [-0.2, -0.15) is 0 Å². The van der Waals surface area contributed by atoms with Crippen LogP contribution in [-0.4, -0.2) is 38.8 Å². The molecule has 27 heavy (non-hydrogen) atoms. The molecule has 0 aliphatic heterocycles. The second-order valence-corrected chi connectivity index (χ2v) is 8.31. The molecule has 1 unspecified atom stereocenters. The van der Waals surface area contributed by atoms with Crippen molar-refractivity contribution in [2.45, 2.75) is 44.6 Å². The first kappa shape index (κ1) is 21.0. The van der Waals surface area contributed by atoms with E-state index in [1.165, 1.54) is 24.0 Å². The van der Waals surface area contributed by atoms with Gasteiger partial charge in [0.25, 0.3) is 0 Å². The van der Waals surface area contributed by atoms with Gasteiger partial charge in [0.15, 0.2) is 0 Å². The second kappa shape index (κ2) is 9.03. The SMILES string of the molecule is CC1(C)CC1C(=O)NC(=CCCCCSc1ccc(C(=O)O)cn1)C(=O)O. The fourth-order valence-corrected chi connectivity index (χ4v) is 3.44. The van der Waals surface area contributed by atoms with Gasteiger partial charge in [-0.3, -0.25) is 4.79 Å². The molecule has 8 heteroatoms. The van der Waals surface area contributed by atoms with Gasteiger partial charge in [-0.15, -0.1) is 11.8 Å². The Labute approximate surface area is 162 Å². The summed E-state index contributed by atoms with van der Waals surface area (Å²) < 4.78 is 0. The van der Waals surface area contributed by atoms with Crippen LogP contribution in [0.4, 0.5) is 0 Å². The quantitative estimate of drug-likeness (QED) is 0.318. The molecule has 0 aromatic carbocycles. The van der Waals surface area contributed by atoms with Crippen LogP contribution in [0.3, 0.4) is 0 Å². The number of pyridine rings is 1. The number of carboxylic acid groups (broad SMARTS) is 2. The molecule has 1 atom stereocenters. The average molecular weight is 392 g/mol. The number of nitrogens with zero attached hydrogens (tertiary/aromatic N) is 1. The average Bonchev–Trinajstić information content (AvgIpc) is 3.25. The third-order valence-corrected chi connectivity index (χ3v) is 5.53. The van der Waals surface area contributed by atoms with Gasteiger partial charge in [-0.05, 0) is 49.0 Å². The van der Waals surface area contributed by atoms with Crippen LogP contribution in [0.25, 0.3) is 0 Å². The lowest BCUT2D eigenvalue weighted by Crippen LogP contribution is -2.29. The lowest BCUT2D eigenvalue weighted by Gasteiger charge is -2.07. The van der Waals surface area contributed by atoms with Crippen LogP contribution in [0.1, 0.15) is 49.9 Å². The molecule has 1 aromatic rings. The van der Waals surface area contributed by atoms with E-state index in [1.54, 1.807) is 12.1 Å². The number of carboxylic acids is 2. The van der Waals surface area contributed by atoms with Crippen molar-refractivity contribution in [3.05, 3.63) is 35.7 Å². The number of nitrogens with one attached hydrogen (secondary N) is 1. The van der Waals surface area contributed by atoms with Gasteiger partial charge in [-0.25, -0.2) is 14.6 Å². The van der Waals surface area contributed by atoms with Crippen molar-refractivity contribution in [3.8, 4) is 0 Å². The summed E-state index contributed by atoms with van der Waals surface area (Å²) in [5.74, 6) is -1.67. The van der Waals surface area contributed by atoms with Gasteiger partial charge < -0.3 is 15.5 Å². The van der Waals surface area contributed by atoms with Gasteiger partial charge >= 0.3 is 11.9 Å². The Hall–Kier alpha value is -2.35. The van der Waals surface area contributed by atoms with Gasteiger partial charge in [-0.1, -0.05) is 19.9 Å². The minimum Gasteiger partial charge on any atom is -0.478 e. The Morgan fingerprint density at radius 3 is 2.52 bits per heavy atom. The molecule has 1 saturated carbocycles. The first-order valence-electron chi connectivity index (χ1n) is 8.77. The summed E-state index contributed by atoms with van der Waals surface area (Å²) in [7, 11) is 0. The first-order chi connectivity index (χ1) is 12.7. The van der Waals surface area contributed by atoms with Gasteiger partial charge in [0.1, 0.15) is 5.70 Å². The number of thioether (sulfide) groups is 1. The normalized spacial score (nSPS) is 18.0. The van der Waals surface area contributed by atoms with Crippen molar-refractivity contribution in [1.29, 1.82) is 0 Å². The number of aromatic carboxylic acids is 1. The van der Waals surface area contributed by atoms with Crippen molar-refractivity contribution in [2.75, 3.05) is 5.75 Å². The molecule has 1 aliphatic carbocycles. The molecule has 2 rings (SSSR count). The topological polar surface area (TPSA) is 117 Å². The Balaban J connectivity index is 1.70. The number of carbonyl (C=O) groups excluding carboxylic acids is 1. The maximum Gasteiger partial charge on any atom is 0.352 e. The second-order valence-electron chi connectivity index (χ2n) is 7.19. The molecule has 1 amide bonds. The first-order valence-corrected chi connectivity index (χ1v) is 9.76. The van der Waals surface area contributed by atoms with Gasteiger partial charge in [0.05, 0.1) is 10.6 Å². The minimum atomic E-state index is -1.13. The van der Waals surface area contributed by atoms with Crippen LogP contribution in [0, 0.1) is 11.3 Å². The molecular formula is C19H24N2O5S. The zero-order valence-corrected chi connectivity index (χ0v) is 16.2. The summed E-state index contributed by atoms with van der Waals surface area (Å²) in [6, 6.07) is 3.19. The molecule has 0 bridgehead atoms. The molecule has 0 saturated heterocycles. The van der Waals surface area contributed by atoms with Crippen molar-refractivity contribution in [3.63, 3.8) is 0 Å². The lowest BCUT2D eigenvalue weighted by atomic mass is 10.1. The van der Waals surface area contributed by atoms with Crippen molar-refractivity contribution in [2.24, 2.45) is 11.3 Å². The fourth-order valence-electron chi connectivity index (χ4n) is 2.59. The number of hydrogen-bond acceptors (Lipinski definition) is 5. The highest BCUT2D eigenvalue weighted by atomic mass is 32.2. The van der Waals surface area contributed by atoms with E-state index >= 15 is 0 Å². The summed E-state index contributed by atoms with van der Waals surface area (Å²) >= 11 is 1.52.